The Kier molecular flexibility index (Phi) is 5.22. The van der Waals surface area contributed by atoms with Crippen LogP contribution in [0.15, 0.2) is 18.3 Å². The average molecular weight is 346 g/mol. The van der Waals surface area contributed by atoms with Crippen molar-refractivity contribution in [1.29, 1.82) is 0 Å². The molecule has 0 unspecified atom stereocenters. The predicted octanol–water partition coefficient (Wildman–Crippen LogP) is 0.960. The molecule has 3 heterocycles. The van der Waals surface area contributed by atoms with Gasteiger partial charge in [0.1, 0.15) is 5.82 Å². The van der Waals surface area contributed by atoms with Crippen molar-refractivity contribution in [2.75, 3.05) is 45.2 Å². The monoisotopic (exact) mass is 346 g/mol. The third-order valence-corrected chi connectivity index (χ3v) is 5.49. The average Bonchev–Trinajstić information content (AvgIpc) is 2.65. The molecule has 0 saturated carbocycles. The molecule has 2 fully saturated rings. The largest absolute Gasteiger partial charge is 0.395 e. The standard InChI is InChI=1S/C18H26N4O3/c1-19-15-12-14(3-7-20-15)17(25)21-8-5-18(6-9-21)4-2-16(24)22(13-18)10-11-23/h3,7,12,23H,2,4-6,8-11,13H2,1H3,(H,19,20). The highest BCUT2D eigenvalue weighted by atomic mass is 16.3. The third kappa shape index (κ3) is 3.76. The molecule has 1 aromatic heterocycles. The zero-order valence-corrected chi connectivity index (χ0v) is 14.7. The molecular weight excluding hydrogens is 320 g/mol. The first-order chi connectivity index (χ1) is 12.1. The van der Waals surface area contributed by atoms with Crippen LogP contribution in [0.4, 0.5) is 5.82 Å². The Bertz CT molecular complexity index is 641. The van der Waals surface area contributed by atoms with Gasteiger partial charge in [0.05, 0.1) is 6.61 Å². The highest BCUT2D eigenvalue weighted by Gasteiger charge is 2.41. The number of amides is 2. The van der Waals surface area contributed by atoms with Gasteiger partial charge in [-0.2, -0.15) is 0 Å². The Hall–Kier alpha value is -2.15. The van der Waals surface area contributed by atoms with E-state index in [1.54, 1.807) is 30.3 Å². The number of nitrogens with one attached hydrogen (secondary N) is 1. The van der Waals surface area contributed by atoms with Crippen LogP contribution >= 0.6 is 0 Å². The molecule has 1 spiro atoms. The van der Waals surface area contributed by atoms with E-state index >= 15 is 0 Å². The topological polar surface area (TPSA) is 85.8 Å². The van der Waals surface area contributed by atoms with Crippen molar-refractivity contribution in [2.45, 2.75) is 25.7 Å². The van der Waals surface area contributed by atoms with Gasteiger partial charge < -0.3 is 20.2 Å². The lowest BCUT2D eigenvalue weighted by Gasteiger charge is -2.47. The molecule has 0 radical (unpaired) electrons. The van der Waals surface area contributed by atoms with Crippen molar-refractivity contribution >= 4 is 17.6 Å². The number of rotatable bonds is 4. The number of aromatic nitrogens is 1. The number of aliphatic hydroxyl groups is 1. The van der Waals surface area contributed by atoms with E-state index in [4.69, 9.17) is 5.11 Å². The number of nitrogens with zero attached hydrogens (tertiary/aromatic N) is 3. The van der Waals surface area contributed by atoms with E-state index < -0.39 is 0 Å². The summed E-state index contributed by atoms with van der Waals surface area (Å²) in [6.45, 7) is 2.53. The van der Waals surface area contributed by atoms with Crippen molar-refractivity contribution in [2.24, 2.45) is 5.41 Å². The number of carbonyl (C=O) groups excluding carboxylic acids is 2. The number of hydrogen-bond acceptors (Lipinski definition) is 5. The van der Waals surface area contributed by atoms with E-state index in [9.17, 15) is 9.59 Å². The summed E-state index contributed by atoms with van der Waals surface area (Å²) in [5.41, 5.74) is 0.741. The second-order valence-electron chi connectivity index (χ2n) is 7.01. The summed E-state index contributed by atoms with van der Waals surface area (Å²) in [4.78, 5) is 32.5. The van der Waals surface area contributed by atoms with Crippen LogP contribution in [-0.2, 0) is 4.79 Å². The van der Waals surface area contributed by atoms with Gasteiger partial charge >= 0.3 is 0 Å². The van der Waals surface area contributed by atoms with Crippen LogP contribution < -0.4 is 5.32 Å². The van der Waals surface area contributed by atoms with E-state index in [2.05, 4.69) is 10.3 Å². The fourth-order valence-corrected chi connectivity index (χ4v) is 3.90. The number of β-amino-alcohol motifs (C(OH)–C–C–N with tert-alkyl or cyclic N) is 1. The molecule has 1 aromatic rings. The molecule has 2 amide bonds. The number of likely N-dealkylation sites (tertiary alicyclic amines) is 2. The number of aliphatic hydroxyl groups excluding tert-OH is 1. The van der Waals surface area contributed by atoms with Crippen LogP contribution in [0, 0.1) is 5.41 Å². The lowest BCUT2D eigenvalue weighted by Crippen LogP contribution is -2.52. The Morgan fingerprint density at radius 2 is 2.12 bits per heavy atom. The minimum Gasteiger partial charge on any atom is -0.395 e. The molecule has 3 rings (SSSR count). The number of hydrogen-bond donors (Lipinski definition) is 2. The lowest BCUT2D eigenvalue weighted by molar-refractivity contribution is -0.139. The van der Waals surface area contributed by atoms with Crippen LogP contribution in [0.25, 0.3) is 0 Å². The molecule has 136 valence electrons. The normalized spacial score (nSPS) is 20.0. The van der Waals surface area contributed by atoms with Gasteiger partial charge in [0.25, 0.3) is 5.91 Å². The van der Waals surface area contributed by atoms with Gasteiger partial charge in [-0.3, -0.25) is 9.59 Å². The van der Waals surface area contributed by atoms with Crippen molar-refractivity contribution in [3.05, 3.63) is 23.9 Å². The van der Waals surface area contributed by atoms with Gasteiger partial charge in [0.15, 0.2) is 0 Å². The molecule has 2 aliphatic rings. The van der Waals surface area contributed by atoms with Gasteiger partial charge in [-0.15, -0.1) is 0 Å². The summed E-state index contributed by atoms with van der Waals surface area (Å²) < 4.78 is 0. The maximum atomic E-state index is 12.7. The van der Waals surface area contributed by atoms with Crippen LogP contribution in [0.3, 0.4) is 0 Å². The molecule has 0 bridgehead atoms. The molecule has 7 heteroatoms. The smallest absolute Gasteiger partial charge is 0.254 e. The van der Waals surface area contributed by atoms with E-state index in [0.717, 1.165) is 19.3 Å². The molecule has 2 N–H and O–H groups in total. The van der Waals surface area contributed by atoms with Gasteiger partial charge in [-0.25, -0.2) is 4.98 Å². The zero-order valence-electron chi connectivity index (χ0n) is 14.7. The van der Waals surface area contributed by atoms with Crippen LogP contribution in [-0.4, -0.2) is 71.5 Å². The molecule has 0 atom stereocenters. The number of carbonyl (C=O) groups is 2. The van der Waals surface area contributed by atoms with Crippen LogP contribution in [0.5, 0.6) is 0 Å². The second-order valence-corrected chi connectivity index (χ2v) is 7.01. The molecule has 0 aromatic carbocycles. The highest BCUT2D eigenvalue weighted by molar-refractivity contribution is 5.94. The maximum absolute atomic E-state index is 12.7. The summed E-state index contributed by atoms with van der Waals surface area (Å²) >= 11 is 0. The van der Waals surface area contributed by atoms with Crippen molar-refractivity contribution in [1.82, 2.24) is 14.8 Å². The van der Waals surface area contributed by atoms with Gasteiger partial charge in [-0.1, -0.05) is 0 Å². The van der Waals surface area contributed by atoms with E-state index in [-0.39, 0.29) is 23.8 Å². The van der Waals surface area contributed by atoms with E-state index in [1.165, 1.54) is 0 Å². The number of pyridine rings is 1. The molecule has 0 aliphatic carbocycles. The van der Waals surface area contributed by atoms with E-state index in [1.807, 2.05) is 4.90 Å². The molecule has 2 saturated heterocycles. The number of anilines is 1. The first-order valence-electron chi connectivity index (χ1n) is 8.89. The summed E-state index contributed by atoms with van der Waals surface area (Å²) in [5.74, 6) is 0.854. The molecular formula is C18H26N4O3. The van der Waals surface area contributed by atoms with Crippen LogP contribution in [0.1, 0.15) is 36.0 Å². The third-order valence-electron chi connectivity index (χ3n) is 5.49. The van der Waals surface area contributed by atoms with Crippen molar-refractivity contribution in [3.8, 4) is 0 Å². The molecule has 7 nitrogen and oxygen atoms in total. The Labute approximate surface area is 148 Å². The molecule has 2 aliphatic heterocycles. The van der Waals surface area contributed by atoms with Gasteiger partial charge in [-0.05, 0) is 36.8 Å². The minimum absolute atomic E-state index is 0.00225. The summed E-state index contributed by atoms with van der Waals surface area (Å²) in [7, 11) is 1.78. The quantitative estimate of drug-likeness (QED) is 0.848. The zero-order chi connectivity index (χ0) is 17.9. The van der Waals surface area contributed by atoms with Gasteiger partial charge in [0.2, 0.25) is 5.91 Å². The predicted molar refractivity (Wildman–Crippen MR) is 94.3 cm³/mol. The van der Waals surface area contributed by atoms with Crippen molar-refractivity contribution < 1.29 is 14.7 Å². The second kappa shape index (κ2) is 7.39. The SMILES string of the molecule is CNc1cc(C(=O)N2CCC3(CCC(=O)N(CCO)C3)CC2)ccn1. The number of piperidine rings is 2. The first-order valence-corrected chi connectivity index (χ1v) is 8.89. The fourth-order valence-electron chi connectivity index (χ4n) is 3.90. The minimum atomic E-state index is 0.00225. The summed E-state index contributed by atoms with van der Waals surface area (Å²) in [6.07, 6.45) is 4.87. The Morgan fingerprint density at radius 1 is 1.36 bits per heavy atom. The summed E-state index contributed by atoms with van der Waals surface area (Å²) in [5, 5.41) is 12.1. The lowest BCUT2D eigenvalue weighted by atomic mass is 9.72. The first kappa shape index (κ1) is 17.7. The summed E-state index contributed by atoms with van der Waals surface area (Å²) in [6, 6.07) is 3.52. The van der Waals surface area contributed by atoms with Crippen LogP contribution in [0.2, 0.25) is 0 Å². The Balaban J connectivity index is 1.63. The fraction of sp³-hybridized carbons (Fsp3) is 0.611. The van der Waals surface area contributed by atoms with Crippen molar-refractivity contribution in [3.63, 3.8) is 0 Å². The molecule has 25 heavy (non-hydrogen) atoms. The van der Waals surface area contributed by atoms with Gasteiger partial charge in [0, 0.05) is 51.4 Å². The van der Waals surface area contributed by atoms with E-state index in [0.29, 0.717) is 44.0 Å². The Morgan fingerprint density at radius 3 is 2.80 bits per heavy atom. The highest BCUT2D eigenvalue weighted by Crippen LogP contribution is 2.40. The maximum Gasteiger partial charge on any atom is 0.254 e.